The first kappa shape index (κ1) is 17.9. The summed E-state index contributed by atoms with van der Waals surface area (Å²) in [5, 5.41) is 0. The minimum Gasteiger partial charge on any atom is -0.297 e. The lowest BCUT2D eigenvalue weighted by atomic mass is 10.2. The first-order valence-corrected chi connectivity index (χ1v) is 9.09. The van der Waals surface area contributed by atoms with Crippen LogP contribution in [0.2, 0.25) is 0 Å². The third-order valence-corrected chi connectivity index (χ3v) is 5.90. The first-order chi connectivity index (χ1) is 9.16. The van der Waals surface area contributed by atoms with Crippen LogP contribution in [0.3, 0.4) is 0 Å². The van der Waals surface area contributed by atoms with Gasteiger partial charge in [-0.2, -0.15) is 12.7 Å². The number of hydrogen-bond donors (Lipinski definition) is 1. The van der Waals surface area contributed by atoms with Gasteiger partial charge in [-0.25, -0.2) is 4.72 Å². The van der Waals surface area contributed by atoms with E-state index in [-0.39, 0.29) is 6.04 Å². The molecule has 0 aromatic heterocycles. The summed E-state index contributed by atoms with van der Waals surface area (Å²) in [6, 6.07) is 0.934. The predicted molar refractivity (Wildman–Crippen MR) is 83.8 cm³/mol. The summed E-state index contributed by atoms with van der Waals surface area (Å²) in [4.78, 5) is 2.28. The molecule has 0 aliphatic heterocycles. The molecular formula is C14H31N3O2S. The lowest BCUT2D eigenvalue weighted by molar-refractivity contribution is 0.178. The second-order valence-corrected chi connectivity index (χ2v) is 8.23. The number of nitrogens with one attached hydrogen (secondary N) is 1. The molecule has 1 aliphatic carbocycles. The maximum Gasteiger partial charge on any atom is 0.279 e. The molecule has 0 saturated heterocycles. The molecule has 1 N–H and O–H groups in total. The summed E-state index contributed by atoms with van der Waals surface area (Å²) >= 11 is 0. The summed E-state index contributed by atoms with van der Waals surface area (Å²) in [6.45, 7) is 11.7. The fraction of sp³-hybridized carbons (Fsp3) is 1.00. The van der Waals surface area contributed by atoms with Crippen molar-refractivity contribution in [1.82, 2.24) is 13.9 Å². The standard InChI is InChI=1S/C14H31N3O2S/c1-11(2)17(12(3)4)10-9-15-20(18,19)16(6)13(5)14-7-8-14/h11-15H,7-10H2,1-6H3/t13-/m1/s1. The molecule has 1 rings (SSSR count). The van der Waals surface area contributed by atoms with Gasteiger partial charge >= 0.3 is 0 Å². The normalized spacial score (nSPS) is 18.5. The molecule has 1 atom stereocenters. The van der Waals surface area contributed by atoms with Crippen LogP contribution in [0, 0.1) is 5.92 Å². The van der Waals surface area contributed by atoms with E-state index in [4.69, 9.17) is 0 Å². The van der Waals surface area contributed by atoms with E-state index in [9.17, 15) is 8.42 Å². The van der Waals surface area contributed by atoms with Gasteiger partial charge in [0.2, 0.25) is 0 Å². The Morgan fingerprint density at radius 2 is 1.60 bits per heavy atom. The highest BCUT2D eigenvalue weighted by Crippen LogP contribution is 2.35. The molecular weight excluding hydrogens is 274 g/mol. The van der Waals surface area contributed by atoms with Gasteiger partial charge in [-0.05, 0) is 53.4 Å². The maximum absolute atomic E-state index is 12.2. The highest BCUT2D eigenvalue weighted by Gasteiger charge is 2.35. The molecule has 5 nitrogen and oxygen atoms in total. The second-order valence-electron chi connectivity index (χ2n) is 6.42. The highest BCUT2D eigenvalue weighted by molar-refractivity contribution is 7.87. The Hall–Kier alpha value is -0.170. The Kier molecular flexibility index (Phi) is 6.44. The Morgan fingerprint density at radius 3 is 2.00 bits per heavy atom. The molecule has 1 fully saturated rings. The zero-order chi connectivity index (χ0) is 15.5. The van der Waals surface area contributed by atoms with Crippen molar-refractivity contribution in [2.45, 2.75) is 65.6 Å². The van der Waals surface area contributed by atoms with Gasteiger partial charge in [-0.3, -0.25) is 4.90 Å². The number of nitrogens with zero attached hydrogens (tertiary/aromatic N) is 2. The van der Waals surface area contributed by atoms with E-state index in [0.717, 1.165) is 19.4 Å². The first-order valence-electron chi connectivity index (χ1n) is 7.65. The lowest BCUT2D eigenvalue weighted by Gasteiger charge is -2.31. The van der Waals surface area contributed by atoms with E-state index in [0.29, 0.717) is 24.5 Å². The number of hydrogen-bond acceptors (Lipinski definition) is 3. The monoisotopic (exact) mass is 305 g/mol. The minimum absolute atomic E-state index is 0.0961. The molecule has 0 bridgehead atoms. The third kappa shape index (κ3) is 4.98. The van der Waals surface area contributed by atoms with Crippen LogP contribution in [-0.2, 0) is 10.2 Å². The van der Waals surface area contributed by atoms with Crippen molar-refractivity contribution in [3.8, 4) is 0 Å². The number of rotatable bonds is 9. The van der Waals surface area contributed by atoms with Crippen molar-refractivity contribution < 1.29 is 8.42 Å². The molecule has 0 heterocycles. The largest absolute Gasteiger partial charge is 0.297 e. The van der Waals surface area contributed by atoms with Crippen molar-refractivity contribution >= 4 is 10.2 Å². The fourth-order valence-corrected chi connectivity index (χ4v) is 3.78. The van der Waals surface area contributed by atoms with Crippen LogP contribution in [0.15, 0.2) is 0 Å². The van der Waals surface area contributed by atoms with Gasteiger partial charge in [0.05, 0.1) is 0 Å². The van der Waals surface area contributed by atoms with Crippen LogP contribution in [0.5, 0.6) is 0 Å². The minimum atomic E-state index is -3.35. The van der Waals surface area contributed by atoms with E-state index in [1.807, 2.05) is 6.92 Å². The fourth-order valence-electron chi connectivity index (χ4n) is 2.61. The van der Waals surface area contributed by atoms with E-state index >= 15 is 0 Å². The Bertz CT molecular complexity index is 383. The van der Waals surface area contributed by atoms with Crippen LogP contribution < -0.4 is 4.72 Å². The molecule has 0 amide bonds. The summed E-state index contributed by atoms with van der Waals surface area (Å²) in [5.41, 5.74) is 0. The zero-order valence-electron chi connectivity index (χ0n) is 13.8. The van der Waals surface area contributed by atoms with Gasteiger partial charge in [-0.15, -0.1) is 0 Å². The van der Waals surface area contributed by atoms with Crippen LogP contribution in [0.1, 0.15) is 47.5 Å². The maximum atomic E-state index is 12.2. The van der Waals surface area contributed by atoms with Crippen molar-refractivity contribution in [3.05, 3.63) is 0 Å². The van der Waals surface area contributed by atoms with Gasteiger partial charge in [0, 0.05) is 38.3 Å². The van der Waals surface area contributed by atoms with Crippen LogP contribution in [0.25, 0.3) is 0 Å². The summed E-state index contributed by atoms with van der Waals surface area (Å²) in [5.74, 6) is 0.541. The Labute approximate surface area is 124 Å². The quantitative estimate of drug-likeness (QED) is 0.705. The van der Waals surface area contributed by atoms with Crippen molar-refractivity contribution in [1.29, 1.82) is 0 Å². The summed E-state index contributed by atoms with van der Waals surface area (Å²) in [7, 11) is -1.68. The van der Waals surface area contributed by atoms with Crippen molar-refractivity contribution in [2.24, 2.45) is 5.92 Å². The van der Waals surface area contributed by atoms with Crippen LogP contribution in [0.4, 0.5) is 0 Å². The van der Waals surface area contributed by atoms with Crippen molar-refractivity contribution in [3.63, 3.8) is 0 Å². The Morgan fingerprint density at radius 1 is 1.10 bits per heavy atom. The topological polar surface area (TPSA) is 52.7 Å². The highest BCUT2D eigenvalue weighted by atomic mass is 32.2. The van der Waals surface area contributed by atoms with E-state index < -0.39 is 10.2 Å². The molecule has 0 radical (unpaired) electrons. The predicted octanol–water partition coefficient (Wildman–Crippen LogP) is 1.67. The molecule has 1 aliphatic rings. The molecule has 1 saturated carbocycles. The summed E-state index contributed by atoms with van der Waals surface area (Å²) < 4.78 is 28.6. The molecule has 6 heteroatoms. The molecule has 20 heavy (non-hydrogen) atoms. The van der Waals surface area contributed by atoms with Gasteiger partial charge in [0.25, 0.3) is 10.2 Å². The van der Waals surface area contributed by atoms with E-state index in [1.165, 1.54) is 4.31 Å². The lowest BCUT2D eigenvalue weighted by Crippen LogP contribution is -2.47. The van der Waals surface area contributed by atoms with Gasteiger partial charge < -0.3 is 0 Å². The van der Waals surface area contributed by atoms with Crippen molar-refractivity contribution in [2.75, 3.05) is 20.1 Å². The molecule has 0 unspecified atom stereocenters. The molecule has 0 aromatic rings. The SMILES string of the molecule is CC(C)N(CCNS(=O)(=O)N(C)[C@H](C)C1CC1)C(C)C. The summed E-state index contributed by atoms with van der Waals surface area (Å²) in [6.07, 6.45) is 2.30. The average molecular weight is 305 g/mol. The average Bonchev–Trinajstić information content (AvgIpc) is 3.15. The van der Waals surface area contributed by atoms with Crippen LogP contribution in [-0.4, -0.2) is 55.9 Å². The van der Waals surface area contributed by atoms with E-state index in [2.05, 4.69) is 37.3 Å². The zero-order valence-corrected chi connectivity index (χ0v) is 14.6. The Balaban J connectivity index is 2.46. The molecule has 0 aromatic carbocycles. The molecule has 120 valence electrons. The van der Waals surface area contributed by atoms with Gasteiger partial charge in [-0.1, -0.05) is 0 Å². The second kappa shape index (κ2) is 7.20. The third-order valence-electron chi connectivity index (χ3n) is 4.24. The van der Waals surface area contributed by atoms with E-state index in [1.54, 1.807) is 7.05 Å². The van der Waals surface area contributed by atoms with Gasteiger partial charge in [0.1, 0.15) is 0 Å². The van der Waals surface area contributed by atoms with Crippen LogP contribution >= 0.6 is 0 Å². The van der Waals surface area contributed by atoms with Gasteiger partial charge in [0.15, 0.2) is 0 Å². The molecule has 0 spiro atoms. The smallest absolute Gasteiger partial charge is 0.279 e.